The molecule has 0 fully saturated rings. The monoisotopic (exact) mass is 344 g/mol. The minimum Gasteiger partial charge on any atom is -0.398 e. The third-order valence-corrected chi connectivity index (χ3v) is 4.59. The molecule has 1 aromatic heterocycles. The van der Waals surface area contributed by atoms with Crippen LogP contribution in [-0.2, 0) is 17.1 Å². The number of nitrogens with two attached hydrogens (primary N) is 1. The van der Waals surface area contributed by atoms with Gasteiger partial charge in [-0.05, 0) is 41.1 Å². The smallest absolute Gasteiger partial charge is 0.262 e. The number of hydrogen-bond donors (Lipinski definition) is 2. The molecular weight excluding hydrogens is 332 g/mol. The number of aromatic nitrogens is 2. The van der Waals surface area contributed by atoms with Crippen molar-refractivity contribution < 1.29 is 8.42 Å². The number of hydrogen-bond acceptors (Lipinski definition) is 4. The zero-order valence-corrected chi connectivity index (χ0v) is 12.8. The summed E-state index contributed by atoms with van der Waals surface area (Å²) in [6, 6.07) is 4.45. The third-order valence-electron chi connectivity index (χ3n) is 2.54. The highest BCUT2D eigenvalue weighted by Crippen LogP contribution is 2.25. The maximum absolute atomic E-state index is 12.2. The molecule has 1 aromatic carbocycles. The van der Waals surface area contributed by atoms with Crippen molar-refractivity contribution in [3.05, 3.63) is 34.6 Å². The van der Waals surface area contributed by atoms with Gasteiger partial charge in [0, 0.05) is 23.4 Å². The molecule has 0 aliphatic carbocycles. The van der Waals surface area contributed by atoms with E-state index < -0.39 is 10.0 Å². The molecule has 19 heavy (non-hydrogen) atoms. The summed E-state index contributed by atoms with van der Waals surface area (Å²) in [7, 11) is -1.92. The van der Waals surface area contributed by atoms with Gasteiger partial charge in [0.15, 0.2) is 0 Å². The van der Waals surface area contributed by atoms with Gasteiger partial charge < -0.3 is 5.73 Å². The average molecular weight is 345 g/mol. The van der Waals surface area contributed by atoms with Crippen molar-refractivity contribution >= 4 is 37.3 Å². The number of nitrogens with one attached hydrogen (secondary N) is 1. The van der Waals surface area contributed by atoms with Crippen LogP contribution in [0.3, 0.4) is 0 Å². The summed E-state index contributed by atoms with van der Waals surface area (Å²) in [5, 5.41) is 4.08. The van der Waals surface area contributed by atoms with Crippen LogP contribution in [0.15, 0.2) is 33.8 Å². The summed E-state index contributed by atoms with van der Waals surface area (Å²) >= 11 is 3.21. The van der Waals surface area contributed by atoms with Gasteiger partial charge in [0.1, 0.15) is 0 Å². The fourth-order valence-corrected chi connectivity index (χ4v) is 3.24. The molecule has 1 heterocycles. The van der Waals surface area contributed by atoms with E-state index in [9.17, 15) is 8.42 Å². The highest BCUT2D eigenvalue weighted by molar-refractivity contribution is 9.10. The number of aryl methyl sites for hydroxylation is 2. The second kappa shape index (κ2) is 4.86. The van der Waals surface area contributed by atoms with Gasteiger partial charge in [-0.2, -0.15) is 5.10 Å². The van der Waals surface area contributed by atoms with E-state index in [1.165, 1.54) is 18.2 Å². The summed E-state index contributed by atoms with van der Waals surface area (Å²) in [5.74, 6) is 0. The van der Waals surface area contributed by atoms with Crippen molar-refractivity contribution in [2.45, 2.75) is 11.8 Å². The minimum atomic E-state index is -3.65. The minimum absolute atomic E-state index is 0.136. The molecule has 102 valence electrons. The zero-order chi connectivity index (χ0) is 14.2. The number of anilines is 2. The molecule has 0 amide bonds. The maximum atomic E-state index is 12.2. The quantitative estimate of drug-likeness (QED) is 0.831. The number of halogens is 1. The molecule has 2 aromatic rings. The van der Waals surface area contributed by atoms with Crippen LogP contribution in [0.1, 0.15) is 5.69 Å². The molecule has 0 bridgehead atoms. The van der Waals surface area contributed by atoms with E-state index in [1.807, 2.05) is 0 Å². The molecular formula is C11H13BrN4O2S. The van der Waals surface area contributed by atoms with E-state index in [0.717, 1.165) is 0 Å². The first-order chi connectivity index (χ1) is 8.79. The van der Waals surface area contributed by atoms with Crippen molar-refractivity contribution in [1.82, 2.24) is 9.78 Å². The Bertz CT molecular complexity index is 724. The number of rotatable bonds is 3. The number of benzene rings is 1. The molecule has 0 spiro atoms. The van der Waals surface area contributed by atoms with Crippen molar-refractivity contribution in [1.29, 1.82) is 0 Å². The van der Waals surface area contributed by atoms with Gasteiger partial charge in [0.05, 0.1) is 16.3 Å². The molecule has 6 nitrogen and oxygen atoms in total. The molecule has 0 aliphatic heterocycles. The van der Waals surface area contributed by atoms with Crippen molar-refractivity contribution in [2.24, 2.45) is 7.05 Å². The lowest BCUT2D eigenvalue weighted by Gasteiger charge is -2.08. The largest absolute Gasteiger partial charge is 0.398 e. The van der Waals surface area contributed by atoms with Gasteiger partial charge in [-0.1, -0.05) is 0 Å². The van der Waals surface area contributed by atoms with Crippen molar-refractivity contribution in [3.8, 4) is 0 Å². The van der Waals surface area contributed by atoms with Gasteiger partial charge in [-0.25, -0.2) is 8.42 Å². The first kappa shape index (κ1) is 13.9. The summed E-state index contributed by atoms with van der Waals surface area (Å²) in [6.45, 7) is 1.73. The van der Waals surface area contributed by atoms with Gasteiger partial charge >= 0.3 is 0 Å². The molecule has 2 rings (SSSR count). The van der Waals surface area contributed by atoms with Gasteiger partial charge in [0.2, 0.25) is 0 Å². The summed E-state index contributed by atoms with van der Waals surface area (Å²) in [6.07, 6.45) is 1.61. The fraction of sp³-hybridized carbons (Fsp3) is 0.182. The number of nitrogen functional groups attached to an aromatic ring is 1. The summed E-state index contributed by atoms with van der Waals surface area (Å²) < 4.78 is 29.0. The van der Waals surface area contributed by atoms with Gasteiger partial charge in [-0.15, -0.1) is 0 Å². The molecule has 0 atom stereocenters. The first-order valence-electron chi connectivity index (χ1n) is 5.37. The molecule has 0 saturated carbocycles. The lowest BCUT2D eigenvalue weighted by molar-refractivity contribution is 0.601. The van der Waals surface area contributed by atoms with E-state index in [0.29, 0.717) is 21.5 Å². The molecule has 0 unspecified atom stereocenters. The van der Waals surface area contributed by atoms with Crippen LogP contribution in [0.25, 0.3) is 0 Å². The van der Waals surface area contributed by atoms with Crippen LogP contribution < -0.4 is 10.5 Å². The Labute approximate surface area is 119 Å². The van der Waals surface area contributed by atoms with Gasteiger partial charge in [-0.3, -0.25) is 9.40 Å². The number of nitrogens with zero attached hydrogens (tertiary/aromatic N) is 2. The average Bonchev–Trinajstić information content (AvgIpc) is 2.60. The highest BCUT2D eigenvalue weighted by Gasteiger charge is 2.17. The Hall–Kier alpha value is -1.54. The Morgan fingerprint density at radius 2 is 2.11 bits per heavy atom. The summed E-state index contributed by atoms with van der Waals surface area (Å²) in [4.78, 5) is 0.136. The van der Waals surface area contributed by atoms with Crippen LogP contribution in [-0.4, -0.2) is 18.2 Å². The zero-order valence-electron chi connectivity index (χ0n) is 10.4. The predicted octanol–water partition coefficient (Wildman–Crippen LogP) is 1.87. The van der Waals surface area contributed by atoms with E-state index in [4.69, 9.17) is 5.73 Å². The SMILES string of the molecule is Cc1nn(C)cc1NS(=O)(=O)c1ccc(N)c(Br)c1. The Kier molecular flexibility index (Phi) is 3.55. The van der Waals surface area contributed by atoms with Crippen LogP contribution in [0.4, 0.5) is 11.4 Å². The van der Waals surface area contributed by atoms with Crippen LogP contribution in [0.2, 0.25) is 0 Å². The normalized spacial score (nSPS) is 11.5. The van der Waals surface area contributed by atoms with Crippen LogP contribution in [0, 0.1) is 6.92 Å². The Morgan fingerprint density at radius 1 is 1.42 bits per heavy atom. The molecule has 8 heteroatoms. The molecule has 0 aliphatic rings. The third kappa shape index (κ3) is 2.90. The highest BCUT2D eigenvalue weighted by atomic mass is 79.9. The second-order valence-corrected chi connectivity index (χ2v) is 6.63. The fourth-order valence-electron chi connectivity index (χ4n) is 1.58. The van der Waals surface area contributed by atoms with Crippen molar-refractivity contribution in [2.75, 3.05) is 10.5 Å². The van der Waals surface area contributed by atoms with Crippen LogP contribution in [0.5, 0.6) is 0 Å². The Balaban J connectivity index is 2.37. The molecule has 0 saturated heterocycles. The van der Waals surface area contributed by atoms with E-state index >= 15 is 0 Å². The van der Waals surface area contributed by atoms with E-state index in [1.54, 1.807) is 24.9 Å². The Morgan fingerprint density at radius 3 is 2.63 bits per heavy atom. The number of sulfonamides is 1. The standard InChI is InChI=1S/C11H13BrN4O2S/c1-7-11(6-16(2)14-7)15-19(17,18)8-3-4-10(13)9(12)5-8/h3-6,15H,13H2,1-2H3. The predicted molar refractivity (Wildman–Crippen MR) is 77.3 cm³/mol. The van der Waals surface area contributed by atoms with Gasteiger partial charge in [0.25, 0.3) is 10.0 Å². The van der Waals surface area contributed by atoms with E-state index in [-0.39, 0.29) is 4.90 Å². The van der Waals surface area contributed by atoms with Crippen molar-refractivity contribution in [3.63, 3.8) is 0 Å². The lowest BCUT2D eigenvalue weighted by atomic mass is 10.3. The molecule has 0 radical (unpaired) electrons. The summed E-state index contributed by atoms with van der Waals surface area (Å²) in [5.41, 5.74) is 7.19. The lowest BCUT2D eigenvalue weighted by Crippen LogP contribution is -2.13. The van der Waals surface area contributed by atoms with Crippen LogP contribution >= 0.6 is 15.9 Å². The van der Waals surface area contributed by atoms with E-state index in [2.05, 4.69) is 25.8 Å². The topological polar surface area (TPSA) is 90.0 Å². The second-order valence-electron chi connectivity index (χ2n) is 4.09. The molecule has 3 N–H and O–H groups in total. The maximum Gasteiger partial charge on any atom is 0.262 e. The first-order valence-corrected chi connectivity index (χ1v) is 7.65.